The molecule has 0 amide bonds. The van der Waals surface area contributed by atoms with Crippen LogP contribution in [-0.4, -0.2) is 0 Å². The van der Waals surface area contributed by atoms with Gasteiger partial charge in [-0.15, -0.1) is 0 Å². The number of fused-ring (bicyclic) bond motifs is 1. The van der Waals surface area contributed by atoms with Crippen molar-refractivity contribution in [3.8, 4) is 11.1 Å². The van der Waals surface area contributed by atoms with Crippen molar-refractivity contribution in [2.45, 2.75) is 64.7 Å². The first-order valence-electron chi connectivity index (χ1n) is 11.6. The van der Waals surface area contributed by atoms with E-state index in [-0.39, 0.29) is 11.1 Å². The minimum absolute atomic E-state index is 0.0354. The van der Waals surface area contributed by atoms with E-state index < -0.39 is 23.3 Å². The first-order valence-corrected chi connectivity index (χ1v) is 11.6. The summed E-state index contributed by atoms with van der Waals surface area (Å²) in [6, 6.07) is 5.20. The molecule has 4 rings (SSSR count). The van der Waals surface area contributed by atoms with Gasteiger partial charge >= 0.3 is 0 Å². The van der Waals surface area contributed by atoms with Crippen LogP contribution in [0.2, 0.25) is 0 Å². The predicted molar refractivity (Wildman–Crippen MR) is 117 cm³/mol. The number of halogens is 4. The zero-order valence-electron chi connectivity index (χ0n) is 18.1. The highest BCUT2D eigenvalue weighted by molar-refractivity contribution is 5.66. The minimum atomic E-state index is -1.53. The molecule has 0 bridgehead atoms. The van der Waals surface area contributed by atoms with Gasteiger partial charge in [-0.3, -0.25) is 0 Å². The van der Waals surface area contributed by atoms with Gasteiger partial charge in [0.15, 0.2) is 17.5 Å². The molecule has 1 fully saturated rings. The molecule has 166 valence electrons. The van der Waals surface area contributed by atoms with Gasteiger partial charge in [-0.1, -0.05) is 37.6 Å². The molecule has 0 N–H and O–H groups in total. The van der Waals surface area contributed by atoms with E-state index in [1.165, 1.54) is 32.1 Å². The zero-order chi connectivity index (χ0) is 22.0. The second-order valence-electron chi connectivity index (χ2n) is 9.21. The van der Waals surface area contributed by atoms with Crippen LogP contribution < -0.4 is 0 Å². The lowest BCUT2D eigenvalue weighted by atomic mass is 9.69. The Morgan fingerprint density at radius 1 is 0.871 bits per heavy atom. The number of unbranched alkanes of at least 4 members (excludes halogenated alkanes) is 1. The standard InChI is InChI=1S/C27H30F4/c1-2-3-4-5-17-6-8-18(9-7-17)19-10-12-22-20(14-19)11-13-23(26(22)30)21-15-24(28)27(31)25(29)16-21/h4-5,11,13,15-19H,2-3,6-10,12,14H2,1H3/b5-4+. The van der Waals surface area contributed by atoms with E-state index in [2.05, 4.69) is 19.1 Å². The molecule has 2 aliphatic rings. The largest absolute Gasteiger partial charge is 0.206 e. The van der Waals surface area contributed by atoms with Crippen LogP contribution in [0.15, 0.2) is 36.4 Å². The van der Waals surface area contributed by atoms with Gasteiger partial charge in [0.1, 0.15) is 5.82 Å². The Bertz CT molecular complexity index is 931. The summed E-state index contributed by atoms with van der Waals surface area (Å²) in [7, 11) is 0. The van der Waals surface area contributed by atoms with Crippen LogP contribution in [0.3, 0.4) is 0 Å². The summed E-state index contributed by atoms with van der Waals surface area (Å²) in [4.78, 5) is 0. The van der Waals surface area contributed by atoms with Gasteiger partial charge in [0.05, 0.1) is 0 Å². The Kier molecular flexibility index (Phi) is 6.83. The van der Waals surface area contributed by atoms with E-state index >= 15 is 4.39 Å². The van der Waals surface area contributed by atoms with Crippen LogP contribution in [0.4, 0.5) is 17.6 Å². The molecule has 0 heterocycles. The van der Waals surface area contributed by atoms with E-state index in [1.54, 1.807) is 6.07 Å². The van der Waals surface area contributed by atoms with Gasteiger partial charge in [0.2, 0.25) is 0 Å². The van der Waals surface area contributed by atoms with Gasteiger partial charge in [-0.05, 0) is 97.9 Å². The summed E-state index contributed by atoms with van der Waals surface area (Å²) in [5.41, 5.74) is 1.82. The summed E-state index contributed by atoms with van der Waals surface area (Å²) in [6.45, 7) is 2.20. The minimum Gasteiger partial charge on any atom is -0.206 e. The second kappa shape index (κ2) is 9.58. The maximum atomic E-state index is 15.2. The van der Waals surface area contributed by atoms with E-state index in [0.29, 0.717) is 29.7 Å². The third kappa shape index (κ3) is 4.73. The van der Waals surface area contributed by atoms with Crippen molar-refractivity contribution >= 4 is 0 Å². The molecular formula is C27H30F4. The maximum Gasteiger partial charge on any atom is 0.194 e. The third-order valence-corrected chi connectivity index (χ3v) is 7.23. The summed E-state index contributed by atoms with van der Waals surface area (Å²) < 4.78 is 55.8. The van der Waals surface area contributed by atoms with Crippen LogP contribution in [0.25, 0.3) is 11.1 Å². The zero-order valence-corrected chi connectivity index (χ0v) is 18.1. The van der Waals surface area contributed by atoms with E-state index in [9.17, 15) is 13.2 Å². The fourth-order valence-electron chi connectivity index (χ4n) is 5.44. The van der Waals surface area contributed by atoms with Crippen molar-refractivity contribution in [1.29, 1.82) is 0 Å². The van der Waals surface area contributed by atoms with E-state index in [4.69, 9.17) is 0 Å². The van der Waals surface area contributed by atoms with Crippen LogP contribution >= 0.6 is 0 Å². The highest BCUT2D eigenvalue weighted by atomic mass is 19.2. The van der Waals surface area contributed by atoms with E-state index in [1.807, 2.05) is 6.07 Å². The Morgan fingerprint density at radius 3 is 2.26 bits per heavy atom. The molecule has 0 saturated heterocycles. The molecule has 0 aromatic heterocycles. The molecule has 0 spiro atoms. The number of rotatable bonds is 5. The van der Waals surface area contributed by atoms with E-state index in [0.717, 1.165) is 37.0 Å². The topological polar surface area (TPSA) is 0 Å². The van der Waals surface area contributed by atoms with Gasteiger partial charge in [0, 0.05) is 5.56 Å². The van der Waals surface area contributed by atoms with Crippen molar-refractivity contribution in [3.63, 3.8) is 0 Å². The van der Waals surface area contributed by atoms with Crippen molar-refractivity contribution in [2.75, 3.05) is 0 Å². The molecule has 31 heavy (non-hydrogen) atoms. The molecule has 1 unspecified atom stereocenters. The Balaban J connectivity index is 1.46. The summed E-state index contributed by atoms with van der Waals surface area (Å²) in [5, 5.41) is 0. The van der Waals surface area contributed by atoms with Crippen LogP contribution in [0.1, 0.15) is 63.0 Å². The molecule has 2 aromatic rings. The fraction of sp³-hybridized carbons (Fsp3) is 0.481. The summed E-state index contributed by atoms with van der Waals surface area (Å²) >= 11 is 0. The second-order valence-corrected chi connectivity index (χ2v) is 9.21. The lowest BCUT2D eigenvalue weighted by Gasteiger charge is -2.36. The number of benzene rings is 2. The highest BCUT2D eigenvalue weighted by Gasteiger charge is 2.31. The molecule has 4 heteroatoms. The lowest BCUT2D eigenvalue weighted by molar-refractivity contribution is 0.205. The Morgan fingerprint density at radius 2 is 1.58 bits per heavy atom. The number of allylic oxidation sites excluding steroid dienone is 2. The Hall–Kier alpha value is -2.10. The van der Waals surface area contributed by atoms with Crippen LogP contribution in [0.5, 0.6) is 0 Å². The molecule has 1 saturated carbocycles. The van der Waals surface area contributed by atoms with Crippen LogP contribution in [0, 0.1) is 41.0 Å². The molecule has 0 radical (unpaired) electrons. The van der Waals surface area contributed by atoms with Crippen molar-refractivity contribution in [1.82, 2.24) is 0 Å². The first kappa shape index (κ1) is 22.1. The van der Waals surface area contributed by atoms with Crippen LogP contribution in [-0.2, 0) is 12.8 Å². The molecule has 1 atom stereocenters. The van der Waals surface area contributed by atoms with Gasteiger partial charge in [-0.2, -0.15) is 0 Å². The number of hydrogen-bond acceptors (Lipinski definition) is 0. The molecular weight excluding hydrogens is 400 g/mol. The van der Waals surface area contributed by atoms with Gasteiger partial charge < -0.3 is 0 Å². The fourth-order valence-corrected chi connectivity index (χ4v) is 5.44. The SMILES string of the molecule is CCC/C=C/C1CCC(C2CCc3c(ccc(-c4cc(F)c(F)c(F)c4)c3F)C2)CC1. The van der Waals surface area contributed by atoms with Gasteiger partial charge in [0.25, 0.3) is 0 Å². The van der Waals surface area contributed by atoms with Crippen molar-refractivity contribution < 1.29 is 17.6 Å². The molecule has 0 aliphatic heterocycles. The summed E-state index contributed by atoms with van der Waals surface area (Å²) in [6.07, 6.45) is 14.5. The Labute approximate surface area is 182 Å². The highest BCUT2D eigenvalue weighted by Crippen LogP contribution is 2.41. The monoisotopic (exact) mass is 430 g/mol. The van der Waals surface area contributed by atoms with Crippen molar-refractivity contribution in [3.05, 3.63) is 70.8 Å². The average Bonchev–Trinajstić information content (AvgIpc) is 2.78. The first-order chi connectivity index (χ1) is 15.0. The normalized spacial score (nSPS) is 23.8. The van der Waals surface area contributed by atoms with Crippen molar-refractivity contribution in [2.24, 2.45) is 17.8 Å². The smallest absolute Gasteiger partial charge is 0.194 e. The van der Waals surface area contributed by atoms with Gasteiger partial charge in [-0.25, -0.2) is 17.6 Å². The quantitative estimate of drug-likeness (QED) is 0.255. The third-order valence-electron chi connectivity index (χ3n) is 7.23. The molecule has 2 aliphatic carbocycles. The molecule has 0 nitrogen and oxygen atoms in total. The predicted octanol–water partition coefficient (Wildman–Crippen LogP) is 8.18. The lowest BCUT2D eigenvalue weighted by Crippen LogP contribution is -2.26. The molecule has 2 aromatic carbocycles. The summed E-state index contributed by atoms with van der Waals surface area (Å²) in [5.74, 6) is -2.59. The average molecular weight is 431 g/mol. The number of hydrogen-bond donors (Lipinski definition) is 0. The maximum absolute atomic E-state index is 15.2.